The molecule has 0 radical (unpaired) electrons. The van der Waals surface area contributed by atoms with Crippen LogP contribution < -0.4 is 10.1 Å². The number of alkyl halides is 3. The van der Waals surface area contributed by atoms with E-state index in [1.54, 1.807) is 11.4 Å². The zero-order valence-electron chi connectivity index (χ0n) is 10.7. The van der Waals surface area contributed by atoms with Gasteiger partial charge in [0.2, 0.25) is 0 Å². The normalized spacial score (nSPS) is 11.2. The molecule has 0 spiro atoms. The molecule has 1 aromatic rings. The zero-order valence-corrected chi connectivity index (χ0v) is 10.7. The summed E-state index contributed by atoms with van der Waals surface area (Å²) in [6.45, 7) is 1.53. The third kappa shape index (κ3) is 3.75. The third-order valence-corrected chi connectivity index (χ3v) is 2.39. The number of nitrogens with one attached hydrogen (secondary N) is 1. The highest BCUT2D eigenvalue weighted by molar-refractivity contribution is 5.97. The molecule has 0 atom stereocenters. The SMILES string of the molecule is COc1cc(/C=C/C#N)cc(C)c1NC(=O)C(F)(F)F. The molecule has 1 amide bonds. The highest BCUT2D eigenvalue weighted by atomic mass is 19.4. The number of halogens is 3. The molecule has 1 aromatic carbocycles. The van der Waals surface area contributed by atoms with Crippen molar-refractivity contribution in [3.05, 3.63) is 29.3 Å². The van der Waals surface area contributed by atoms with E-state index in [0.29, 0.717) is 11.1 Å². The van der Waals surface area contributed by atoms with Crippen molar-refractivity contribution in [3.63, 3.8) is 0 Å². The number of rotatable bonds is 3. The summed E-state index contributed by atoms with van der Waals surface area (Å²) in [6.07, 6.45) is -2.27. The predicted octanol–water partition coefficient (Wildman–Crippen LogP) is 3.04. The van der Waals surface area contributed by atoms with E-state index in [1.165, 1.54) is 38.3 Å². The van der Waals surface area contributed by atoms with Gasteiger partial charge >= 0.3 is 12.1 Å². The van der Waals surface area contributed by atoms with E-state index in [1.807, 2.05) is 0 Å². The van der Waals surface area contributed by atoms with Gasteiger partial charge < -0.3 is 10.1 Å². The number of nitriles is 1. The van der Waals surface area contributed by atoms with Gasteiger partial charge in [-0.1, -0.05) is 0 Å². The van der Waals surface area contributed by atoms with Crippen LogP contribution in [0, 0.1) is 18.3 Å². The van der Waals surface area contributed by atoms with E-state index >= 15 is 0 Å². The predicted molar refractivity (Wildman–Crippen MR) is 67.1 cm³/mol. The Kier molecular flexibility index (Phi) is 4.75. The summed E-state index contributed by atoms with van der Waals surface area (Å²) < 4.78 is 41.7. The Labute approximate surface area is 113 Å². The third-order valence-electron chi connectivity index (χ3n) is 2.39. The smallest absolute Gasteiger partial charge is 0.471 e. The summed E-state index contributed by atoms with van der Waals surface area (Å²) in [6, 6.07) is 4.75. The van der Waals surface area contributed by atoms with Crippen LogP contribution in [0.3, 0.4) is 0 Å². The van der Waals surface area contributed by atoms with Gasteiger partial charge in [0.05, 0.1) is 18.9 Å². The Balaban J connectivity index is 3.18. The number of amides is 1. The summed E-state index contributed by atoms with van der Waals surface area (Å²) >= 11 is 0. The second-order valence-electron chi connectivity index (χ2n) is 3.83. The minimum Gasteiger partial charge on any atom is -0.495 e. The number of hydrogen-bond donors (Lipinski definition) is 1. The lowest BCUT2D eigenvalue weighted by atomic mass is 10.1. The zero-order chi connectivity index (χ0) is 15.3. The molecular formula is C13H11F3N2O2. The second kappa shape index (κ2) is 6.10. The Morgan fingerprint density at radius 1 is 1.45 bits per heavy atom. The highest BCUT2D eigenvalue weighted by Crippen LogP contribution is 2.31. The molecule has 0 saturated heterocycles. The maximum absolute atomic E-state index is 12.2. The summed E-state index contributed by atoms with van der Waals surface area (Å²) in [5.74, 6) is -1.99. The quantitative estimate of drug-likeness (QED) is 0.868. The van der Waals surface area contributed by atoms with Crippen molar-refractivity contribution in [1.82, 2.24) is 0 Å². The van der Waals surface area contributed by atoms with Crippen LogP contribution in [0.2, 0.25) is 0 Å². The monoisotopic (exact) mass is 284 g/mol. The fourth-order valence-corrected chi connectivity index (χ4v) is 1.52. The van der Waals surface area contributed by atoms with Gasteiger partial charge in [-0.3, -0.25) is 4.79 Å². The van der Waals surface area contributed by atoms with Gasteiger partial charge in [-0.15, -0.1) is 0 Å². The largest absolute Gasteiger partial charge is 0.495 e. The average Bonchev–Trinajstić information content (AvgIpc) is 2.37. The van der Waals surface area contributed by atoms with Gasteiger partial charge in [0.1, 0.15) is 5.75 Å². The first-order chi connectivity index (χ1) is 9.29. The van der Waals surface area contributed by atoms with Crippen molar-refractivity contribution < 1.29 is 22.7 Å². The van der Waals surface area contributed by atoms with Gasteiger partial charge in [-0.2, -0.15) is 18.4 Å². The fraction of sp³-hybridized carbons (Fsp3) is 0.231. The molecule has 1 rings (SSSR count). The van der Waals surface area contributed by atoms with Crippen molar-refractivity contribution >= 4 is 17.7 Å². The number of hydrogen-bond acceptors (Lipinski definition) is 3. The molecule has 0 heterocycles. The van der Waals surface area contributed by atoms with Crippen LogP contribution >= 0.6 is 0 Å². The average molecular weight is 284 g/mol. The summed E-state index contributed by atoms with van der Waals surface area (Å²) in [5, 5.41) is 10.2. The fourth-order valence-electron chi connectivity index (χ4n) is 1.52. The van der Waals surface area contributed by atoms with E-state index in [2.05, 4.69) is 0 Å². The first kappa shape index (κ1) is 15.6. The van der Waals surface area contributed by atoms with Gasteiger partial charge in [0, 0.05) is 6.08 Å². The molecular weight excluding hydrogens is 273 g/mol. The van der Waals surface area contributed by atoms with E-state index in [4.69, 9.17) is 10.00 Å². The minimum absolute atomic E-state index is 0.0519. The van der Waals surface area contributed by atoms with Crippen LogP contribution in [0.15, 0.2) is 18.2 Å². The number of methoxy groups -OCH3 is 1. The summed E-state index contributed by atoms with van der Waals surface area (Å²) in [5.41, 5.74) is 0.911. The number of benzene rings is 1. The maximum atomic E-state index is 12.2. The minimum atomic E-state index is -4.98. The van der Waals surface area contributed by atoms with Crippen molar-refractivity contribution in [2.24, 2.45) is 0 Å². The molecule has 0 fully saturated rings. The Hall–Kier alpha value is -2.49. The van der Waals surface area contributed by atoms with Crippen molar-refractivity contribution in [3.8, 4) is 11.8 Å². The lowest BCUT2D eigenvalue weighted by Crippen LogP contribution is -2.30. The van der Waals surface area contributed by atoms with E-state index in [0.717, 1.165) is 0 Å². The molecule has 0 aromatic heterocycles. The number of allylic oxidation sites excluding steroid dienone is 1. The molecule has 7 heteroatoms. The molecule has 0 aliphatic rings. The van der Waals surface area contributed by atoms with Crippen LogP contribution in [-0.2, 0) is 4.79 Å². The molecule has 0 bridgehead atoms. The van der Waals surface area contributed by atoms with Gasteiger partial charge in [0.25, 0.3) is 0 Å². The molecule has 0 aliphatic heterocycles. The van der Waals surface area contributed by atoms with Gasteiger partial charge in [0.15, 0.2) is 0 Å². The Bertz CT molecular complexity index is 587. The number of carbonyl (C=O) groups excluding carboxylic acids is 1. The molecule has 4 nitrogen and oxygen atoms in total. The number of aryl methyl sites for hydroxylation is 1. The first-order valence-electron chi connectivity index (χ1n) is 5.42. The Morgan fingerprint density at radius 2 is 2.10 bits per heavy atom. The molecule has 20 heavy (non-hydrogen) atoms. The number of anilines is 1. The molecule has 0 unspecified atom stereocenters. The van der Waals surface area contributed by atoms with Gasteiger partial charge in [-0.25, -0.2) is 0 Å². The highest BCUT2D eigenvalue weighted by Gasteiger charge is 2.39. The van der Waals surface area contributed by atoms with Crippen LogP contribution in [0.5, 0.6) is 5.75 Å². The standard InChI is InChI=1S/C13H11F3N2O2/c1-8-6-9(4-3-5-17)7-10(20-2)11(8)18-12(19)13(14,15)16/h3-4,6-7H,1-2H3,(H,18,19)/b4-3+. The molecule has 1 N–H and O–H groups in total. The Morgan fingerprint density at radius 3 is 2.60 bits per heavy atom. The number of ether oxygens (including phenoxy) is 1. The molecule has 0 aliphatic carbocycles. The summed E-state index contributed by atoms with van der Waals surface area (Å²) in [4.78, 5) is 11.0. The van der Waals surface area contributed by atoms with Crippen molar-refractivity contribution in [2.45, 2.75) is 13.1 Å². The van der Waals surface area contributed by atoms with Crippen molar-refractivity contribution in [1.29, 1.82) is 5.26 Å². The van der Waals surface area contributed by atoms with E-state index in [-0.39, 0.29) is 11.4 Å². The molecule has 0 saturated carbocycles. The first-order valence-corrected chi connectivity index (χ1v) is 5.42. The van der Waals surface area contributed by atoms with E-state index < -0.39 is 12.1 Å². The van der Waals surface area contributed by atoms with Crippen molar-refractivity contribution in [2.75, 3.05) is 12.4 Å². The number of nitrogens with zero attached hydrogens (tertiary/aromatic N) is 1. The maximum Gasteiger partial charge on any atom is 0.471 e. The van der Waals surface area contributed by atoms with Crippen LogP contribution in [0.1, 0.15) is 11.1 Å². The topological polar surface area (TPSA) is 62.1 Å². The molecule has 106 valence electrons. The van der Waals surface area contributed by atoms with Gasteiger partial charge in [-0.05, 0) is 36.3 Å². The van der Waals surface area contributed by atoms with Crippen LogP contribution in [0.4, 0.5) is 18.9 Å². The van der Waals surface area contributed by atoms with Crippen LogP contribution in [-0.4, -0.2) is 19.2 Å². The van der Waals surface area contributed by atoms with E-state index in [9.17, 15) is 18.0 Å². The second-order valence-corrected chi connectivity index (χ2v) is 3.83. The summed E-state index contributed by atoms with van der Waals surface area (Å²) in [7, 11) is 1.27. The lowest BCUT2D eigenvalue weighted by molar-refractivity contribution is -0.167. The lowest BCUT2D eigenvalue weighted by Gasteiger charge is -2.15. The number of carbonyl (C=O) groups is 1. The van der Waals surface area contributed by atoms with Crippen LogP contribution in [0.25, 0.3) is 6.08 Å².